The highest BCUT2D eigenvalue weighted by atomic mass is 19.4. The number of carbonyl (C=O) groups excluding carboxylic acids is 2. The molecule has 0 aromatic heterocycles. The van der Waals surface area contributed by atoms with Crippen LogP contribution in [0, 0.1) is 11.8 Å². The Labute approximate surface area is 178 Å². The van der Waals surface area contributed by atoms with E-state index in [0.717, 1.165) is 0 Å². The normalized spacial score (nSPS) is 18.8. The van der Waals surface area contributed by atoms with Crippen LogP contribution in [0.4, 0.5) is 22.4 Å². The molecule has 172 valence electrons. The first-order valence-corrected chi connectivity index (χ1v) is 10.1. The van der Waals surface area contributed by atoms with Gasteiger partial charge in [-0.1, -0.05) is 12.1 Å². The molecule has 0 saturated carbocycles. The SMILES string of the molecule is CC(C)(C)OC(=O)N1CC([C@H](F)C(=O)N2CC(Cc3cccc(OC(F)(F)F)c3)C2)C1. The number of alkyl halides is 4. The minimum Gasteiger partial charge on any atom is -0.444 e. The maximum atomic E-state index is 14.6. The van der Waals surface area contributed by atoms with Crippen molar-refractivity contribution in [2.24, 2.45) is 11.8 Å². The highest BCUT2D eigenvalue weighted by molar-refractivity contribution is 5.82. The molecule has 31 heavy (non-hydrogen) atoms. The summed E-state index contributed by atoms with van der Waals surface area (Å²) in [6, 6.07) is 5.70. The third-order valence-corrected chi connectivity index (χ3v) is 5.14. The summed E-state index contributed by atoms with van der Waals surface area (Å²) in [5.41, 5.74) is 0.0145. The first-order valence-electron chi connectivity index (χ1n) is 10.1. The number of hydrogen-bond donors (Lipinski definition) is 0. The number of ether oxygens (including phenoxy) is 2. The number of benzene rings is 1. The van der Waals surface area contributed by atoms with Gasteiger partial charge in [0.1, 0.15) is 11.4 Å². The predicted molar refractivity (Wildman–Crippen MR) is 103 cm³/mol. The summed E-state index contributed by atoms with van der Waals surface area (Å²) >= 11 is 0. The van der Waals surface area contributed by atoms with Crippen molar-refractivity contribution in [3.8, 4) is 5.75 Å². The average Bonchev–Trinajstić information content (AvgIpc) is 2.52. The molecule has 0 aliphatic carbocycles. The number of hydrogen-bond acceptors (Lipinski definition) is 4. The average molecular weight is 446 g/mol. The van der Waals surface area contributed by atoms with Crippen LogP contribution in [0.5, 0.6) is 5.75 Å². The third kappa shape index (κ3) is 6.24. The van der Waals surface area contributed by atoms with Gasteiger partial charge in [-0.2, -0.15) is 0 Å². The van der Waals surface area contributed by atoms with E-state index in [0.29, 0.717) is 25.1 Å². The van der Waals surface area contributed by atoms with E-state index in [1.807, 2.05) is 0 Å². The molecule has 2 fully saturated rings. The fraction of sp³-hybridized carbons (Fsp3) is 0.619. The Kier molecular flexibility index (Phi) is 6.38. The standard InChI is InChI=1S/C21H26F4N2O4/c1-20(2,3)31-19(29)27-11-15(12-27)17(22)18(28)26-9-14(10-26)7-13-5-4-6-16(8-13)30-21(23,24)25/h4-6,8,14-15,17H,7,9-12H2,1-3H3/t17-/m0/s1. The van der Waals surface area contributed by atoms with E-state index in [4.69, 9.17) is 4.74 Å². The Bertz CT molecular complexity index is 812. The molecule has 0 unspecified atom stereocenters. The summed E-state index contributed by atoms with van der Waals surface area (Å²) in [4.78, 5) is 27.0. The van der Waals surface area contributed by atoms with E-state index in [9.17, 15) is 27.2 Å². The van der Waals surface area contributed by atoms with Crippen molar-refractivity contribution >= 4 is 12.0 Å². The Hall–Kier alpha value is -2.52. The van der Waals surface area contributed by atoms with E-state index in [1.165, 1.54) is 28.0 Å². The summed E-state index contributed by atoms with van der Waals surface area (Å²) in [6.45, 7) is 6.16. The van der Waals surface area contributed by atoms with Crippen LogP contribution in [-0.4, -0.2) is 66.1 Å². The van der Waals surface area contributed by atoms with Crippen molar-refractivity contribution in [3.05, 3.63) is 29.8 Å². The Balaban J connectivity index is 1.42. The van der Waals surface area contributed by atoms with E-state index in [-0.39, 0.29) is 24.8 Å². The van der Waals surface area contributed by atoms with Crippen LogP contribution in [0.25, 0.3) is 0 Å². The van der Waals surface area contributed by atoms with Crippen LogP contribution in [0.3, 0.4) is 0 Å². The molecule has 0 spiro atoms. The lowest BCUT2D eigenvalue weighted by atomic mass is 9.89. The molecule has 10 heteroatoms. The van der Waals surface area contributed by atoms with Crippen molar-refractivity contribution in [2.45, 2.75) is 45.3 Å². The second-order valence-corrected chi connectivity index (χ2v) is 9.06. The van der Waals surface area contributed by atoms with Crippen molar-refractivity contribution in [3.63, 3.8) is 0 Å². The molecular weight excluding hydrogens is 420 g/mol. The number of carbonyl (C=O) groups is 2. The predicted octanol–water partition coefficient (Wildman–Crippen LogP) is 3.79. The molecule has 6 nitrogen and oxygen atoms in total. The smallest absolute Gasteiger partial charge is 0.444 e. The van der Waals surface area contributed by atoms with Crippen LogP contribution >= 0.6 is 0 Å². The monoisotopic (exact) mass is 446 g/mol. The lowest BCUT2D eigenvalue weighted by molar-refractivity contribution is -0.274. The first kappa shape index (κ1) is 23.1. The molecule has 2 heterocycles. The Morgan fingerprint density at radius 2 is 1.74 bits per heavy atom. The van der Waals surface area contributed by atoms with Gasteiger partial charge in [0.2, 0.25) is 0 Å². The first-order chi connectivity index (χ1) is 14.3. The zero-order valence-electron chi connectivity index (χ0n) is 17.6. The van der Waals surface area contributed by atoms with Crippen molar-refractivity contribution < 1.29 is 36.6 Å². The molecule has 2 amide bonds. The maximum Gasteiger partial charge on any atom is 0.573 e. The number of nitrogens with zero attached hydrogens (tertiary/aromatic N) is 2. The largest absolute Gasteiger partial charge is 0.573 e. The van der Waals surface area contributed by atoms with E-state index >= 15 is 0 Å². The summed E-state index contributed by atoms with van der Waals surface area (Å²) in [5, 5.41) is 0. The van der Waals surface area contributed by atoms with Crippen LogP contribution in [0.2, 0.25) is 0 Å². The summed E-state index contributed by atoms with van der Waals surface area (Å²) in [7, 11) is 0. The number of likely N-dealkylation sites (tertiary alicyclic amines) is 2. The Morgan fingerprint density at radius 1 is 1.10 bits per heavy atom. The lowest BCUT2D eigenvalue weighted by Gasteiger charge is -2.44. The third-order valence-electron chi connectivity index (χ3n) is 5.14. The minimum absolute atomic E-state index is 0.0388. The van der Waals surface area contributed by atoms with Crippen LogP contribution < -0.4 is 4.74 Å². The van der Waals surface area contributed by atoms with Gasteiger partial charge in [0, 0.05) is 32.1 Å². The molecule has 1 aromatic rings. The molecule has 2 aliphatic rings. The molecule has 1 aromatic carbocycles. The van der Waals surface area contributed by atoms with Crippen LogP contribution in [-0.2, 0) is 16.0 Å². The van der Waals surface area contributed by atoms with Gasteiger partial charge in [-0.25, -0.2) is 9.18 Å². The zero-order valence-corrected chi connectivity index (χ0v) is 17.6. The second kappa shape index (κ2) is 8.55. The summed E-state index contributed by atoms with van der Waals surface area (Å²) < 4.78 is 60.7. The minimum atomic E-state index is -4.75. The van der Waals surface area contributed by atoms with E-state index in [2.05, 4.69) is 4.74 Å². The summed E-state index contributed by atoms with van der Waals surface area (Å²) in [5.74, 6) is -1.42. The zero-order chi connectivity index (χ0) is 23.0. The Morgan fingerprint density at radius 3 is 2.32 bits per heavy atom. The fourth-order valence-corrected chi connectivity index (χ4v) is 3.63. The van der Waals surface area contributed by atoms with Crippen LogP contribution in [0.15, 0.2) is 24.3 Å². The number of rotatable bonds is 5. The molecule has 0 bridgehead atoms. The quantitative estimate of drug-likeness (QED) is 0.646. The number of halogens is 4. The molecule has 1 atom stereocenters. The van der Waals surface area contributed by atoms with Gasteiger partial charge in [0.05, 0.1) is 0 Å². The van der Waals surface area contributed by atoms with Crippen molar-refractivity contribution in [1.29, 1.82) is 0 Å². The lowest BCUT2D eigenvalue weighted by Crippen LogP contribution is -2.60. The molecular formula is C21H26F4N2O4. The van der Waals surface area contributed by atoms with Crippen molar-refractivity contribution in [2.75, 3.05) is 26.2 Å². The molecule has 2 saturated heterocycles. The van der Waals surface area contributed by atoms with Crippen LogP contribution in [0.1, 0.15) is 26.3 Å². The maximum absolute atomic E-state index is 14.6. The van der Waals surface area contributed by atoms with Gasteiger partial charge in [-0.3, -0.25) is 4.79 Å². The van der Waals surface area contributed by atoms with Gasteiger partial charge in [0.25, 0.3) is 5.91 Å². The van der Waals surface area contributed by atoms with Gasteiger partial charge in [-0.05, 0) is 50.8 Å². The number of amides is 2. The second-order valence-electron chi connectivity index (χ2n) is 9.06. The molecule has 3 rings (SSSR count). The van der Waals surface area contributed by atoms with Gasteiger partial charge in [-0.15, -0.1) is 13.2 Å². The highest BCUT2D eigenvalue weighted by Gasteiger charge is 2.44. The fourth-order valence-electron chi connectivity index (χ4n) is 3.63. The molecule has 0 N–H and O–H groups in total. The van der Waals surface area contributed by atoms with E-state index in [1.54, 1.807) is 26.8 Å². The summed E-state index contributed by atoms with van der Waals surface area (Å²) in [6.07, 6.45) is -6.51. The van der Waals surface area contributed by atoms with Crippen molar-refractivity contribution in [1.82, 2.24) is 9.80 Å². The van der Waals surface area contributed by atoms with Gasteiger partial charge < -0.3 is 19.3 Å². The topological polar surface area (TPSA) is 59.1 Å². The van der Waals surface area contributed by atoms with Gasteiger partial charge in [0.15, 0.2) is 6.17 Å². The molecule has 0 radical (unpaired) electrons. The van der Waals surface area contributed by atoms with E-state index < -0.39 is 36.1 Å². The van der Waals surface area contributed by atoms with Gasteiger partial charge >= 0.3 is 12.5 Å². The highest BCUT2D eigenvalue weighted by Crippen LogP contribution is 2.29. The molecule has 2 aliphatic heterocycles.